The van der Waals surface area contributed by atoms with E-state index in [-0.39, 0.29) is 11.4 Å². The van der Waals surface area contributed by atoms with Crippen molar-refractivity contribution in [1.29, 1.82) is 0 Å². The lowest BCUT2D eigenvalue weighted by Crippen LogP contribution is -2.47. The lowest BCUT2D eigenvalue weighted by molar-refractivity contribution is -0.147. The minimum atomic E-state index is -0.826. The quantitative estimate of drug-likeness (QED) is 0.782. The Morgan fingerprint density at radius 1 is 1.33 bits per heavy atom. The zero-order chi connectivity index (χ0) is 15.5. The molecule has 1 atom stereocenters. The van der Waals surface area contributed by atoms with Crippen LogP contribution in [-0.2, 0) is 9.53 Å². The number of hydrogen-bond donors (Lipinski definition) is 2. The fourth-order valence-corrected chi connectivity index (χ4v) is 3.19. The van der Waals surface area contributed by atoms with E-state index in [2.05, 4.69) is 5.32 Å². The summed E-state index contributed by atoms with van der Waals surface area (Å²) in [7, 11) is 1.70. The molecule has 1 saturated heterocycles. The number of carbonyl (C=O) groups excluding carboxylic acids is 1. The molecule has 0 radical (unpaired) electrons. The molecule has 0 aromatic carbocycles. The van der Waals surface area contributed by atoms with Crippen molar-refractivity contribution in [1.82, 2.24) is 10.2 Å². The van der Waals surface area contributed by atoms with Gasteiger partial charge in [0.2, 0.25) is 0 Å². The number of aliphatic carboxylic acids is 1. The van der Waals surface area contributed by atoms with Crippen molar-refractivity contribution in [2.45, 2.75) is 39.0 Å². The zero-order valence-electron chi connectivity index (χ0n) is 13.0. The highest BCUT2D eigenvalue weighted by molar-refractivity contribution is 5.79. The van der Waals surface area contributed by atoms with Crippen LogP contribution in [0, 0.1) is 10.8 Å². The van der Waals surface area contributed by atoms with Crippen LogP contribution in [0.2, 0.25) is 0 Å². The molecule has 0 bridgehead atoms. The first-order chi connectivity index (χ1) is 9.91. The van der Waals surface area contributed by atoms with Crippen LogP contribution in [0.1, 0.15) is 39.0 Å². The predicted molar refractivity (Wildman–Crippen MR) is 78.1 cm³/mol. The number of ether oxygens (including phenoxy) is 1. The summed E-state index contributed by atoms with van der Waals surface area (Å²) in [5.74, 6) is -0.826. The normalized spacial score (nSPS) is 27.2. The maximum Gasteiger partial charge on any atom is 0.317 e. The second kappa shape index (κ2) is 6.22. The van der Waals surface area contributed by atoms with Crippen molar-refractivity contribution in [2.75, 3.05) is 33.4 Å². The molecule has 6 nitrogen and oxygen atoms in total. The Bertz CT molecular complexity index is 408. The second-order valence-corrected chi connectivity index (χ2v) is 6.79. The standard InChI is InChI=1S/C15H26N2O4/c1-14(12(18)19)6-8-17(11-14)13(20)16-10-15(4-3-5-15)7-9-21-2/h3-11H2,1-2H3,(H,16,20)(H,18,19). The largest absolute Gasteiger partial charge is 0.481 e. The first-order valence-corrected chi connectivity index (χ1v) is 7.66. The van der Waals surface area contributed by atoms with Gasteiger partial charge in [0.25, 0.3) is 0 Å². The first kappa shape index (κ1) is 16.1. The number of nitrogens with one attached hydrogen (secondary N) is 1. The fourth-order valence-electron chi connectivity index (χ4n) is 3.19. The van der Waals surface area contributed by atoms with Crippen LogP contribution in [0.5, 0.6) is 0 Å². The number of carbonyl (C=O) groups is 2. The highest BCUT2D eigenvalue weighted by atomic mass is 16.5. The molecule has 1 unspecified atom stereocenters. The zero-order valence-corrected chi connectivity index (χ0v) is 13.0. The van der Waals surface area contributed by atoms with Gasteiger partial charge in [-0.3, -0.25) is 4.79 Å². The number of hydrogen-bond acceptors (Lipinski definition) is 3. The second-order valence-electron chi connectivity index (χ2n) is 6.79. The molecule has 2 fully saturated rings. The van der Waals surface area contributed by atoms with E-state index in [0.717, 1.165) is 25.9 Å². The molecule has 1 aliphatic carbocycles. The van der Waals surface area contributed by atoms with Gasteiger partial charge in [-0.25, -0.2) is 4.79 Å². The van der Waals surface area contributed by atoms with Gasteiger partial charge in [-0.2, -0.15) is 0 Å². The summed E-state index contributed by atoms with van der Waals surface area (Å²) < 4.78 is 5.15. The van der Waals surface area contributed by atoms with Crippen molar-refractivity contribution in [3.63, 3.8) is 0 Å². The van der Waals surface area contributed by atoms with Crippen molar-refractivity contribution < 1.29 is 19.4 Å². The average Bonchev–Trinajstić information content (AvgIpc) is 2.81. The Balaban J connectivity index is 1.81. The van der Waals surface area contributed by atoms with E-state index in [1.807, 2.05) is 0 Å². The van der Waals surface area contributed by atoms with E-state index in [9.17, 15) is 14.7 Å². The third-order valence-corrected chi connectivity index (χ3v) is 5.14. The molecule has 120 valence electrons. The highest BCUT2D eigenvalue weighted by Crippen LogP contribution is 2.43. The van der Waals surface area contributed by atoms with Crippen molar-refractivity contribution >= 4 is 12.0 Å². The van der Waals surface area contributed by atoms with Gasteiger partial charge < -0.3 is 20.1 Å². The van der Waals surface area contributed by atoms with Gasteiger partial charge in [-0.05, 0) is 38.0 Å². The minimum absolute atomic E-state index is 0.135. The number of urea groups is 1. The van der Waals surface area contributed by atoms with E-state index in [1.54, 1.807) is 18.9 Å². The minimum Gasteiger partial charge on any atom is -0.481 e. The molecule has 1 heterocycles. The number of rotatable bonds is 6. The van der Waals surface area contributed by atoms with Crippen LogP contribution >= 0.6 is 0 Å². The number of likely N-dealkylation sites (tertiary alicyclic amines) is 1. The Morgan fingerprint density at radius 2 is 2.05 bits per heavy atom. The first-order valence-electron chi connectivity index (χ1n) is 7.66. The molecular formula is C15H26N2O4. The van der Waals surface area contributed by atoms with Gasteiger partial charge in [-0.15, -0.1) is 0 Å². The molecule has 0 spiro atoms. The van der Waals surface area contributed by atoms with E-state index < -0.39 is 11.4 Å². The monoisotopic (exact) mass is 298 g/mol. The van der Waals surface area contributed by atoms with Gasteiger partial charge >= 0.3 is 12.0 Å². The number of methoxy groups -OCH3 is 1. The summed E-state index contributed by atoms with van der Waals surface area (Å²) in [5.41, 5.74) is -0.622. The van der Waals surface area contributed by atoms with Crippen LogP contribution in [0.3, 0.4) is 0 Å². The van der Waals surface area contributed by atoms with E-state index >= 15 is 0 Å². The molecule has 2 N–H and O–H groups in total. The summed E-state index contributed by atoms with van der Waals surface area (Å²) in [6.45, 7) is 3.89. The van der Waals surface area contributed by atoms with Crippen LogP contribution in [-0.4, -0.2) is 55.4 Å². The number of amides is 2. The Hall–Kier alpha value is -1.30. The highest BCUT2D eigenvalue weighted by Gasteiger charge is 2.43. The predicted octanol–water partition coefficient (Wildman–Crippen LogP) is 1.70. The summed E-state index contributed by atoms with van der Waals surface area (Å²) in [4.78, 5) is 25.0. The number of nitrogens with zero attached hydrogens (tertiary/aromatic N) is 1. The van der Waals surface area contributed by atoms with E-state index in [4.69, 9.17) is 4.74 Å². The van der Waals surface area contributed by atoms with Gasteiger partial charge in [0.15, 0.2) is 0 Å². The molecule has 2 aliphatic rings. The topological polar surface area (TPSA) is 78.9 Å². The third kappa shape index (κ3) is 3.48. The molecule has 2 amide bonds. The SMILES string of the molecule is COCCC1(CNC(=O)N2CCC(C)(C(=O)O)C2)CCC1. The Morgan fingerprint density at radius 3 is 2.52 bits per heavy atom. The number of carboxylic acid groups (broad SMARTS) is 1. The van der Waals surface area contributed by atoms with Crippen molar-refractivity contribution in [3.8, 4) is 0 Å². The van der Waals surface area contributed by atoms with Gasteiger partial charge in [0, 0.05) is 33.4 Å². The van der Waals surface area contributed by atoms with Crippen LogP contribution in [0.15, 0.2) is 0 Å². The molecule has 1 saturated carbocycles. The third-order valence-electron chi connectivity index (χ3n) is 5.14. The number of carboxylic acids is 1. The molecule has 2 rings (SSSR count). The van der Waals surface area contributed by atoms with Crippen molar-refractivity contribution in [2.24, 2.45) is 10.8 Å². The van der Waals surface area contributed by atoms with Crippen LogP contribution < -0.4 is 5.32 Å². The van der Waals surface area contributed by atoms with Gasteiger partial charge in [0.05, 0.1) is 5.41 Å². The summed E-state index contributed by atoms with van der Waals surface area (Å²) in [6.07, 6.45) is 4.95. The van der Waals surface area contributed by atoms with Crippen LogP contribution in [0.25, 0.3) is 0 Å². The van der Waals surface area contributed by atoms with Gasteiger partial charge in [0.1, 0.15) is 0 Å². The molecule has 6 heteroatoms. The Labute approximate surface area is 125 Å². The van der Waals surface area contributed by atoms with Gasteiger partial charge in [-0.1, -0.05) is 6.42 Å². The smallest absolute Gasteiger partial charge is 0.317 e. The summed E-state index contributed by atoms with van der Waals surface area (Å²) in [6, 6.07) is -0.135. The summed E-state index contributed by atoms with van der Waals surface area (Å²) >= 11 is 0. The fraction of sp³-hybridized carbons (Fsp3) is 0.867. The molecule has 1 aliphatic heterocycles. The van der Waals surface area contributed by atoms with Crippen molar-refractivity contribution in [3.05, 3.63) is 0 Å². The molecule has 0 aromatic heterocycles. The lowest BCUT2D eigenvalue weighted by Gasteiger charge is -2.42. The summed E-state index contributed by atoms with van der Waals surface area (Å²) in [5, 5.41) is 12.2. The maximum atomic E-state index is 12.2. The maximum absolute atomic E-state index is 12.2. The van der Waals surface area contributed by atoms with E-state index in [1.165, 1.54) is 6.42 Å². The molecule has 21 heavy (non-hydrogen) atoms. The average molecular weight is 298 g/mol. The van der Waals surface area contributed by atoms with Crippen LogP contribution in [0.4, 0.5) is 4.79 Å². The molecular weight excluding hydrogens is 272 g/mol. The lowest BCUT2D eigenvalue weighted by atomic mass is 9.67. The molecule has 0 aromatic rings. The van der Waals surface area contributed by atoms with E-state index in [0.29, 0.717) is 26.1 Å². The Kier molecular flexibility index (Phi) is 4.76.